The molecule has 0 aliphatic heterocycles. The monoisotopic (exact) mass is 456 g/mol. The van der Waals surface area contributed by atoms with Crippen molar-refractivity contribution < 1.29 is 21.9 Å². The molecule has 9 heteroatoms. The zero-order valence-electron chi connectivity index (χ0n) is 17.8. The van der Waals surface area contributed by atoms with Crippen molar-refractivity contribution >= 4 is 35.0 Å². The number of hydrogen-bond acceptors (Lipinski definition) is 8. The van der Waals surface area contributed by atoms with E-state index in [9.17, 15) is 4.79 Å². The maximum Gasteiger partial charge on any atom is 0.247 e. The van der Waals surface area contributed by atoms with Gasteiger partial charge < -0.3 is 24.8 Å². The molecule has 1 amide bonds. The van der Waals surface area contributed by atoms with Crippen LogP contribution >= 0.6 is 11.8 Å². The lowest BCUT2D eigenvalue weighted by atomic mass is 10.3. The van der Waals surface area contributed by atoms with Crippen LogP contribution in [-0.2, 0) is 9.53 Å². The van der Waals surface area contributed by atoms with E-state index in [1.807, 2.05) is 30.5 Å². The summed E-state index contributed by atoms with van der Waals surface area (Å²) in [5.74, 6) is 1.78. The standard InChI is InChI=1S/C23H24N4O4S.2H2/c1-4-21(28)25-17-6-5-7-19(14-17)31-22-20(32-3)15-24-23(27-22)26-16-8-10-18(11-9-16)30-13-12-29-2;;/h4-11,14-15H,1,12-13H2,2-3H3,(H,25,28)(H,24,26,27);2*1H. The van der Waals surface area contributed by atoms with Crippen molar-refractivity contribution in [2.45, 2.75) is 4.90 Å². The number of carbonyl (C=O) groups excluding carboxylic acids is 1. The fourth-order valence-electron chi connectivity index (χ4n) is 2.58. The molecule has 1 heterocycles. The maximum absolute atomic E-state index is 11.5. The molecule has 3 rings (SSSR count). The van der Waals surface area contributed by atoms with Crippen LogP contribution in [0, 0.1) is 0 Å². The molecule has 0 fully saturated rings. The molecule has 0 unspecified atom stereocenters. The van der Waals surface area contributed by atoms with Gasteiger partial charge in [0.05, 0.1) is 11.5 Å². The van der Waals surface area contributed by atoms with Crippen LogP contribution in [0.15, 0.2) is 72.3 Å². The number of ether oxygens (including phenoxy) is 3. The van der Waals surface area contributed by atoms with Crippen molar-refractivity contribution in [1.29, 1.82) is 0 Å². The number of nitrogens with one attached hydrogen (secondary N) is 2. The molecule has 8 nitrogen and oxygen atoms in total. The molecule has 2 N–H and O–H groups in total. The highest BCUT2D eigenvalue weighted by Gasteiger charge is 2.11. The molecular formula is C23H28N4O4S. The predicted molar refractivity (Wildman–Crippen MR) is 130 cm³/mol. The summed E-state index contributed by atoms with van der Waals surface area (Å²) in [6.07, 6.45) is 4.82. The molecular weight excluding hydrogens is 428 g/mol. The largest absolute Gasteiger partial charge is 0.491 e. The van der Waals surface area contributed by atoms with E-state index in [-0.39, 0.29) is 8.76 Å². The van der Waals surface area contributed by atoms with E-state index >= 15 is 0 Å². The molecule has 170 valence electrons. The van der Waals surface area contributed by atoms with Gasteiger partial charge in [-0.3, -0.25) is 4.79 Å². The van der Waals surface area contributed by atoms with Gasteiger partial charge in [0.25, 0.3) is 0 Å². The van der Waals surface area contributed by atoms with E-state index < -0.39 is 0 Å². The number of thioether (sulfide) groups is 1. The van der Waals surface area contributed by atoms with Crippen molar-refractivity contribution in [1.82, 2.24) is 9.97 Å². The van der Waals surface area contributed by atoms with Crippen LogP contribution in [0.3, 0.4) is 0 Å². The normalized spacial score (nSPS) is 10.3. The Morgan fingerprint density at radius 2 is 1.97 bits per heavy atom. The minimum atomic E-state index is -0.296. The first kappa shape index (κ1) is 23.1. The highest BCUT2D eigenvalue weighted by molar-refractivity contribution is 7.98. The Balaban J connectivity index is 0.00000289. The van der Waals surface area contributed by atoms with Crippen molar-refractivity contribution in [3.63, 3.8) is 0 Å². The molecule has 0 saturated carbocycles. The van der Waals surface area contributed by atoms with Gasteiger partial charge in [-0.15, -0.1) is 11.8 Å². The molecule has 0 saturated heterocycles. The van der Waals surface area contributed by atoms with E-state index in [4.69, 9.17) is 14.2 Å². The average molecular weight is 457 g/mol. The minimum Gasteiger partial charge on any atom is -0.491 e. The third-order valence-electron chi connectivity index (χ3n) is 4.11. The Hall–Kier alpha value is -3.56. The van der Waals surface area contributed by atoms with E-state index in [0.29, 0.717) is 36.5 Å². The summed E-state index contributed by atoms with van der Waals surface area (Å²) in [7, 11) is 1.63. The van der Waals surface area contributed by atoms with Gasteiger partial charge in [0.15, 0.2) is 0 Å². The first-order chi connectivity index (χ1) is 15.6. The average Bonchev–Trinajstić information content (AvgIpc) is 2.81. The Morgan fingerprint density at radius 1 is 1.16 bits per heavy atom. The van der Waals surface area contributed by atoms with Crippen LogP contribution in [0.2, 0.25) is 0 Å². The van der Waals surface area contributed by atoms with Crippen LogP contribution in [0.1, 0.15) is 2.85 Å². The summed E-state index contributed by atoms with van der Waals surface area (Å²) in [4.78, 5) is 21.2. The van der Waals surface area contributed by atoms with Gasteiger partial charge in [-0.25, -0.2) is 4.98 Å². The molecule has 0 atom stereocenters. The number of hydrogen-bond donors (Lipinski definition) is 2. The van der Waals surface area contributed by atoms with Gasteiger partial charge in [0.1, 0.15) is 18.1 Å². The first-order valence-electron chi connectivity index (χ1n) is 9.72. The van der Waals surface area contributed by atoms with Crippen LogP contribution in [0.25, 0.3) is 0 Å². The predicted octanol–water partition coefficient (Wildman–Crippen LogP) is 5.38. The highest BCUT2D eigenvalue weighted by atomic mass is 32.2. The zero-order chi connectivity index (χ0) is 22.8. The van der Waals surface area contributed by atoms with Crippen molar-refractivity contribution in [2.75, 3.05) is 37.2 Å². The Bertz CT molecular complexity index is 1070. The lowest BCUT2D eigenvalue weighted by Crippen LogP contribution is -2.07. The Kier molecular flexibility index (Phi) is 8.47. The number of amides is 1. The molecule has 0 aliphatic carbocycles. The van der Waals surface area contributed by atoms with E-state index in [1.165, 1.54) is 17.8 Å². The second-order valence-corrected chi connectivity index (χ2v) is 7.23. The minimum absolute atomic E-state index is 0. The Labute approximate surface area is 194 Å². The molecule has 3 aromatic rings. The van der Waals surface area contributed by atoms with Crippen molar-refractivity contribution in [2.24, 2.45) is 0 Å². The van der Waals surface area contributed by atoms with Crippen molar-refractivity contribution in [3.05, 3.63) is 67.4 Å². The lowest BCUT2D eigenvalue weighted by molar-refractivity contribution is -0.111. The maximum atomic E-state index is 11.5. The van der Waals surface area contributed by atoms with E-state index in [1.54, 1.807) is 37.6 Å². The number of benzene rings is 2. The van der Waals surface area contributed by atoms with Gasteiger partial charge in [-0.1, -0.05) is 12.6 Å². The molecule has 0 spiro atoms. The fourth-order valence-corrected chi connectivity index (χ4v) is 3.00. The number of nitrogens with zero attached hydrogens (tertiary/aromatic N) is 2. The smallest absolute Gasteiger partial charge is 0.247 e. The van der Waals surface area contributed by atoms with Crippen molar-refractivity contribution in [3.8, 4) is 17.4 Å². The molecule has 2 aromatic carbocycles. The number of carbonyl (C=O) groups is 1. The number of anilines is 3. The lowest BCUT2D eigenvalue weighted by Gasteiger charge is -2.12. The third-order valence-corrected chi connectivity index (χ3v) is 4.83. The summed E-state index contributed by atoms with van der Waals surface area (Å²) in [6.45, 7) is 4.47. The van der Waals surface area contributed by atoms with Gasteiger partial charge in [-0.2, -0.15) is 4.98 Å². The zero-order valence-corrected chi connectivity index (χ0v) is 18.6. The summed E-state index contributed by atoms with van der Waals surface area (Å²) in [6, 6.07) is 14.5. The number of rotatable bonds is 11. The van der Waals surface area contributed by atoms with E-state index in [0.717, 1.165) is 16.3 Å². The molecule has 0 radical (unpaired) electrons. The summed E-state index contributed by atoms with van der Waals surface area (Å²) in [5, 5.41) is 5.87. The first-order valence-corrected chi connectivity index (χ1v) is 10.9. The quantitative estimate of drug-likeness (QED) is 0.226. The van der Waals surface area contributed by atoms with Gasteiger partial charge in [-0.05, 0) is 48.7 Å². The van der Waals surface area contributed by atoms with Crippen LogP contribution in [0.5, 0.6) is 17.4 Å². The summed E-state index contributed by atoms with van der Waals surface area (Å²) >= 11 is 1.47. The van der Waals surface area contributed by atoms with Crippen LogP contribution in [0.4, 0.5) is 17.3 Å². The van der Waals surface area contributed by atoms with E-state index in [2.05, 4.69) is 27.2 Å². The second kappa shape index (κ2) is 11.7. The van der Waals surface area contributed by atoms with Crippen LogP contribution in [-0.4, -0.2) is 42.5 Å². The fraction of sp³-hybridized carbons (Fsp3) is 0.174. The SMILES string of the molecule is C=CC(=O)Nc1cccc(Oc2nc(Nc3ccc(OCCOC)cc3)ncc2SC)c1.[HH].[HH]. The molecule has 0 aliphatic rings. The topological polar surface area (TPSA) is 94.6 Å². The molecule has 32 heavy (non-hydrogen) atoms. The summed E-state index contributed by atoms with van der Waals surface area (Å²) in [5.41, 5.74) is 1.40. The van der Waals surface area contributed by atoms with Gasteiger partial charge in [0.2, 0.25) is 17.7 Å². The number of aromatic nitrogens is 2. The highest BCUT2D eigenvalue weighted by Crippen LogP contribution is 2.31. The second-order valence-electron chi connectivity index (χ2n) is 6.38. The molecule has 0 bridgehead atoms. The third kappa shape index (κ3) is 6.73. The van der Waals surface area contributed by atoms with Gasteiger partial charge >= 0.3 is 0 Å². The molecule has 1 aromatic heterocycles. The summed E-state index contributed by atoms with van der Waals surface area (Å²) < 4.78 is 16.5. The van der Waals surface area contributed by atoms with Gasteiger partial charge in [0, 0.05) is 33.6 Å². The Morgan fingerprint density at radius 3 is 2.69 bits per heavy atom. The van der Waals surface area contributed by atoms with Crippen LogP contribution < -0.4 is 20.1 Å². The number of methoxy groups -OCH3 is 1.